The van der Waals surface area contributed by atoms with Gasteiger partial charge in [0.25, 0.3) is 0 Å². The van der Waals surface area contributed by atoms with E-state index >= 15 is 0 Å². The highest BCUT2D eigenvalue weighted by atomic mass is 16.3. The monoisotopic (exact) mass is 355 g/mol. The van der Waals surface area contributed by atoms with Gasteiger partial charge in [0.2, 0.25) is 0 Å². The first-order valence-corrected chi connectivity index (χ1v) is 9.66. The molecule has 2 aromatic heterocycles. The van der Waals surface area contributed by atoms with E-state index in [1.807, 2.05) is 18.3 Å². The Morgan fingerprint density at radius 2 is 2.12 bits per heavy atom. The molecule has 1 unspecified atom stereocenters. The summed E-state index contributed by atoms with van der Waals surface area (Å²) in [5, 5.41) is 9.69. The quantitative estimate of drug-likeness (QED) is 0.785. The van der Waals surface area contributed by atoms with Gasteiger partial charge in [0, 0.05) is 44.0 Å². The van der Waals surface area contributed by atoms with Gasteiger partial charge in [-0.25, -0.2) is 9.97 Å². The summed E-state index contributed by atoms with van der Waals surface area (Å²) in [5.41, 5.74) is 1.10. The zero-order valence-corrected chi connectivity index (χ0v) is 15.6. The average Bonchev–Trinajstić information content (AvgIpc) is 2.72. The Hall–Kier alpha value is -2.21. The summed E-state index contributed by atoms with van der Waals surface area (Å²) >= 11 is 0. The van der Waals surface area contributed by atoms with Crippen molar-refractivity contribution in [2.75, 3.05) is 36.0 Å². The molecule has 0 amide bonds. The van der Waals surface area contributed by atoms with Crippen LogP contribution >= 0.6 is 0 Å². The number of aliphatic hydroxyl groups excluding tert-OH is 1. The fraction of sp³-hybridized carbons (Fsp3) is 0.550. The molecular formula is C20H29N5O. The van der Waals surface area contributed by atoms with E-state index in [1.165, 1.54) is 6.42 Å². The van der Waals surface area contributed by atoms with Gasteiger partial charge in [0.1, 0.15) is 18.0 Å². The van der Waals surface area contributed by atoms with Crippen LogP contribution in [0.25, 0.3) is 0 Å². The fourth-order valence-electron chi connectivity index (χ4n) is 3.57. The Bertz CT molecular complexity index is 666. The zero-order chi connectivity index (χ0) is 18.2. The van der Waals surface area contributed by atoms with Crippen LogP contribution in [-0.2, 0) is 6.42 Å². The van der Waals surface area contributed by atoms with E-state index in [0.29, 0.717) is 0 Å². The molecule has 0 saturated carbocycles. The molecule has 6 heteroatoms. The maximum absolute atomic E-state index is 9.69. The van der Waals surface area contributed by atoms with Crippen molar-refractivity contribution in [3.05, 3.63) is 42.5 Å². The summed E-state index contributed by atoms with van der Waals surface area (Å²) < 4.78 is 0. The molecule has 1 aliphatic rings. The van der Waals surface area contributed by atoms with E-state index in [1.54, 1.807) is 6.33 Å². The van der Waals surface area contributed by atoms with Gasteiger partial charge in [-0.05, 0) is 37.8 Å². The molecule has 0 radical (unpaired) electrons. The zero-order valence-electron chi connectivity index (χ0n) is 15.6. The molecule has 0 aliphatic carbocycles. The van der Waals surface area contributed by atoms with Crippen molar-refractivity contribution < 1.29 is 5.11 Å². The molecule has 3 heterocycles. The first-order valence-electron chi connectivity index (χ1n) is 9.66. The van der Waals surface area contributed by atoms with Gasteiger partial charge in [-0.15, -0.1) is 0 Å². The number of rotatable bonds is 8. The first kappa shape index (κ1) is 18.6. The third kappa shape index (κ3) is 4.69. The molecule has 0 aromatic carbocycles. The number of aliphatic hydroxyl groups is 1. The van der Waals surface area contributed by atoms with E-state index in [9.17, 15) is 5.11 Å². The number of hydrogen-bond donors (Lipinski definition) is 1. The van der Waals surface area contributed by atoms with Crippen LogP contribution in [0.3, 0.4) is 0 Å². The van der Waals surface area contributed by atoms with Crippen molar-refractivity contribution in [3.63, 3.8) is 0 Å². The minimum absolute atomic E-state index is 0.166. The summed E-state index contributed by atoms with van der Waals surface area (Å²) in [6.07, 6.45) is 8.78. The molecule has 0 bridgehead atoms. The lowest BCUT2D eigenvalue weighted by Gasteiger charge is -2.36. The molecule has 3 rings (SSSR count). The van der Waals surface area contributed by atoms with Crippen LogP contribution in [0.1, 0.15) is 38.3 Å². The van der Waals surface area contributed by atoms with Crippen molar-refractivity contribution in [3.8, 4) is 0 Å². The number of hydrogen-bond acceptors (Lipinski definition) is 6. The number of pyridine rings is 1. The molecule has 1 fully saturated rings. The summed E-state index contributed by atoms with van der Waals surface area (Å²) in [6, 6.07) is 8.28. The highest BCUT2D eigenvalue weighted by Crippen LogP contribution is 2.25. The molecule has 2 aromatic rings. The topological polar surface area (TPSA) is 65.4 Å². The van der Waals surface area contributed by atoms with Crippen LogP contribution in [0, 0.1) is 0 Å². The maximum Gasteiger partial charge on any atom is 0.134 e. The predicted octanol–water partition coefficient (Wildman–Crippen LogP) is 2.68. The Kier molecular flexibility index (Phi) is 6.77. The Labute approximate surface area is 155 Å². The van der Waals surface area contributed by atoms with Crippen LogP contribution in [-0.4, -0.2) is 52.3 Å². The normalized spacial score (nSPS) is 17.3. The van der Waals surface area contributed by atoms with Crippen LogP contribution in [0.4, 0.5) is 11.6 Å². The largest absolute Gasteiger partial charge is 0.394 e. The molecule has 26 heavy (non-hydrogen) atoms. The van der Waals surface area contributed by atoms with Crippen molar-refractivity contribution >= 4 is 11.6 Å². The summed E-state index contributed by atoms with van der Waals surface area (Å²) in [7, 11) is 0. The molecule has 1 saturated heterocycles. The predicted molar refractivity (Wildman–Crippen MR) is 105 cm³/mol. The Balaban J connectivity index is 1.74. The molecule has 1 atom stereocenters. The standard InChI is InChI=1S/C20H29N5O/c1-2-11-24(13-9-17-7-3-5-10-21-17)19-14-20(23-16-22-19)25-12-6-4-8-18(25)15-26/h3,5,7,10,14,16,18,26H,2,4,6,8-9,11-13,15H2,1H3. The summed E-state index contributed by atoms with van der Waals surface area (Å²) in [5.74, 6) is 1.88. The van der Waals surface area contributed by atoms with Crippen LogP contribution < -0.4 is 9.80 Å². The van der Waals surface area contributed by atoms with Gasteiger partial charge in [0.15, 0.2) is 0 Å². The lowest BCUT2D eigenvalue weighted by Crippen LogP contribution is -2.42. The number of anilines is 2. The Morgan fingerprint density at radius 1 is 1.19 bits per heavy atom. The molecule has 6 nitrogen and oxygen atoms in total. The third-order valence-electron chi connectivity index (χ3n) is 4.95. The molecule has 1 aliphatic heterocycles. The van der Waals surface area contributed by atoms with Crippen molar-refractivity contribution in [1.82, 2.24) is 15.0 Å². The average molecular weight is 355 g/mol. The van der Waals surface area contributed by atoms with Crippen molar-refractivity contribution in [2.45, 2.75) is 45.1 Å². The van der Waals surface area contributed by atoms with E-state index in [-0.39, 0.29) is 12.6 Å². The van der Waals surface area contributed by atoms with Crippen LogP contribution in [0.2, 0.25) is 0 Å². The van der Waals surface area contributed by atoms with E-state index in [4.69, 9.17) is 0 Å². The van der Waals surface area contributed by atoms with Gasteiger partial charge in [-0.3, -0.25) is 4.98 Å². The lowest BCUT2D eigenvalue weighted by molar-refractivity contribution is 0.239. The maximum atomic E-state index is 9.69. The molecular weight excluding hydrogens is 326 g/mol. The number of aromatic nitrogens is 3. The minimum atomic E-state index is 0.166. The van der Waals surface area contributed by atoms with E-state index in [2.05, 4.69) is 43.8 Å². The second-order valence-electron chi connectivity index (χ2n) is 6.82. The molecule has 140 valence electrons. The smallest absolute Gasteiger partial charge is 0.134 e. The molecule has 1 N–H and O–H groups in total. The summed E-state index contributed by atoms with van der Waals surface area (Å²) in [4.78, 5) is 18.0. The second-order valence-corrected chi connectivity index (χ2v) is 6.82. The second kappa shape index (κ2) is 9.48. The van der Waals surface area contributed by atoms with Gasteiger partial charge in [0.05, 0.1) is 12.6 Å². The minimum Gasteiger partial charge on any atom is -0.394 e. The third-order valence-corrected chi connectivity index (χ3v) is 4.95. The first-order chi connectivity index (χ1) is 12.8. The van der Waals surface area contributed by atoms with Gasteiger partial charge >= 0.3 is 0 Å². The van der Waals surface area contributed by atoms with Gasteiger partial charge in [-0.2, -0.15) is 0 Å². The van der Waals surface area contributed by atoms with E-state index < -0.39 is 0 Å². The SMILES string of the molecule is CCCN(CCc1ccccn1)c1cc(N2CCCCC2CO)ncn1. The van der Waals surface area contributed by atoms with Crippen molar-refractivity contribution in [1.29, 1.82) is 0 Å². The van der Waals surface area contributed by atoms with Crippen LogP contribution in [0.5, 0.6) is 0 Å². The van der Waals surface area contributed by atoms with Crippen LogP contribution in [0.15, 0.2) is 36.8 Å². The highest BCUT2D eigenvalue weighted by Gasteiger charge is 2.23. The number of piperidine rings is 1. The highest BCUT2D eigenvalue weighted by molar-refractivity contribution is 5.51. The number of nitrogens with zero attached hydrogens (tertiary/aromatic N) is 5. The van der Waals surface area contributed by atoms with Gasteiger partial charge < -0.3 is 14.9 Å². The van der Waals surface area contributed by atoms with E-state index in [0.717, 1.165) is 62.6 Å². The lowest BCUT2D eigenvalue weighted by atomic mass is 10.0. The fourth-order valence-corrected chi connectivity index (χ4v) is 3.57. The molecule has 0 spiro atoms. The Morgan fingerprint density at radius 3 is 2.88 bits per heavy atom. The summed E-state index contributed by atoms with van der Waals surface area (Å²) in [6.45, 7) is 5.14. The van der Waals surface area contributed by atoms with Crippen molar-refractivity contribution in [2.24, 2.45) is 0 Å². The van der Waals surface area contributed by atoms with Gasteiger partial charge in [-0.1, -0.05) is 13.0 Å².